The minimum Gasteiger partial charge on any atom is -0.463 e. The standard InChI is InChI=1S/C14H17F3N2O3/c1-9(6-7-18)19(3)12(20)8-13(21,14(15,16)17)11-5-4-10(2)22-11/h4-5,9,21H,6,8H2,1-3H3. The van der Waals surface area contributed by atoms with Crippen LogP contribution in [0.2, 0.25) is 0 Å². The summed E-state index contributed by atoms with van der Waals surface area (Å²) in [6, 6.07) is 3.54. The molecule has 0 aliphatic carbocycles. The van der Waals surface area contributed by atoms with Crippen LogP contribution in [0.1, 0.15) is 31.3 Å². The van der Waals surface area contributed by atoms with E-state index in [-0.39, 0.29) is 12.2 Å². The Morgan fingerprint density at radius 2 is 2.09 bits per heavy atom. The van der Waals surface area contributed by atoms with Gasteiger partial charge in [0.05, 0.1) is 18.9 Å². The van der Waals surface area contributed by atoms with E-state index in [0.29, 0.717) is 0 Å². The van der Waals surface area contributed by atoms with Crippen LogP contribution in [-0.2, 0) is 10.4 Å². The molecule has 1 aromatic rings. The van der Waals surface area contributed by atoms with Gasteiger partial charge in [-0.3, -0.25) is 4.79 Å². The average molecular weight is 318 g/mol. The summed E-state index contributed by atoms with van der Waals surface area (Å²) in [7, 11) is 1.29. The fourth-order valence-corrected chi connectivity index (χ4v) is 1.84. The first-order valence-corrected chi connectivity index (χ1v) is 6.51. The van der Waals surface area contributed by atoms with Gasteiger partial charge in [-0.15, -0.1) is 0 Å². The van der Waals surface area contributed by atoms with Gasteiger partial charge in [-0.05, 0) is 26.0 Å². The van der Waals surface area contributed by atoms with Gasteiger partial charge in [-0.2, -0.15) is 18.4 Å². The summed E-state index contributed by atoms with van der Waals surface area (Å²) in [6.07, 6.45) is -6.31. The van der Waals surface area contributed by atoms with E-state index in [1.807, 2.05) is 6.07 Å². The van der Waals surface area contributed by atoms with Gasteiger partial charge >= 0.3 is 6.18 Å². The van der Waals surface area contributed by atoms with E-state index in [4.69, 9.17) is 9.68 Å². The summed E-state index contributed by atoms with van der Waals surface area (Å²) in [5.74, 6) is -1.47. The predicted molar refractivity (Wildman–Crippen MR) is 70.5 cm³/mol. The number of rotatable bonds is 5. The Labute approximate surface area is 125 Å². The fourth-order valence-electron chi connectivity index (χ4n) is 1.84. The molecule has 1 aromatic heterocycles. The zero-order chi connectivity index (χ0) is 17.1. The molecule has 0 saturated heterocycles. The molecule has 1 rings (SSSR count). The van der Waals surface area contributed by atoms with Crippen LogP contribution in [0.4, 0.5) is 13.2 Å². The first-order valence-electron chi connectivity index (χ1n) is 6.51. The molecule has 0 aliphatic heterocycles. The zero-order valence-electron chi connectivity index (χ0n) is 12.4. The summed E-state index contributed by atoms with van der Waals surface area (Å²) in [4.78, 5) is 13.0. The lowest BCUT2D eigenvalue weighted by Crippen LogP contribution is -2.47. The van der Waals surface area contributed by atoms with Crippen LogP contribution in [0.3, 0.4) is 0 Å². The second-order valence-corrected chi connectivity index (χ2v) is 5.16. The van der Waals surface area contributed by atoms with Crippen molar-refractivity contribution in [3.8, 4) is 6.07 Å². The molecule has 0 aliphatic rings. The molecule has 0 spiro atoms. The van der Waals surface area contributed by atoms with Gasteiger partial charge in [-0.1, -0.05) is 0 Å². The van der Waals surface area contributed by atoms with Crippen molar-refractivity contribution in [1.82, 2.24) is 4.90 Å². The van der Waals surface area contributed by atoms with Crippen molar-refractivity contribution >= 4 is 5.91 Å². The minimum absolute atomic E-state index is 0.0213. The van der Waals surface area contributed by atoms with E-state index < -0.39 is 35.9 Å². The van der Waals surface area contributed by atoms with Crippen molar-refractivity contribution in [3.05, 3.63) is 23.7 Å². The van der Waals surface area contributed by atoms with Crippen molar-refractivity contribution in [1.29, 1.82) is 5.26 Å². The summed E-state index contributed by atoms with van der Waals surface area (Å²) < 4.78 is 44.6. The number of aliphatic hydroxyl groups is 1. The Balaban J connectivity index is 3.06. The van der Waals surface area contributed by atoms with Crippen LogP contribution in [0.5, 0.6) is 0 Å². The second kappa shape index (κ2) is 6.40. The molecule has 1 amide bonds. The van der Waals surface area contributed by atoms with Gasteiger partial charge in [0.25, 0.3) is 0 Å². The third-order valence-corrected chi connectivity index (χ3v) is 3.47. The van der Waals surface area contributed by atoms with E-state index >= 15 is 0 Å². The Morgan fingerprint density at radius 3 is 2.50 bits per heavy atom. The van der Waals surface area contributed by atoms with Gasteiger partial charge in [-0.25, -0.2) is 0 Å². The van der Waals surface area contributed by atoms with E-state index in [1.54, 1.807) is 0 Å². The minimum atomic E-state index is -5.08. The molecule has 0 fully saturated rings. The van der Waals surface area contributed by atoms with E-state index in [2.05, 4.69) is 0 Å². The van der Waals surface area contributed by atoms with Gasteiger partial charge in [0.15, 0.2) is 0 Å². The lowest BCUT2D eigenvalue weighted by molar-refractivity contribution is -0.274. The summed E-state index contributed by atoms with van der Waals surface area (Å²) in [6.45, 7) is 2.97. The van der Waals surface area contributed by atoms with Crippen molar-refractivity contribution < 1.29 is 27.5 Å². The number of aryl methyl sites for hydroxylation is 1. The van der Waals surface area contributed by atoms with E-state index in [0.717, 1.165) is 11.0 Å². The maximum Gasteiger partial charge on any atom is 0.425 e. The van der Waals surface area contributed by atoms with Gasteiger partial charge < -0.3 is 14.4 Å². The van der Waals surface area contributed by atoms with E-state index in [1.165, 1.54) is 27.0 Å². The number of amides is 1. The highest BCUT2D eigenvalue weighted by atomic mass is 19.4. The number of hydrogen-bond acceptors (Lipinski definition) is 4. The molecule has 0 bridgehead atoms. The molecule has 1 heterocycles. The smallest absolute Gasteiger partial charge is 0.425 e. The number of halogens is 3. The second-order valence-electron chi connectivity index (χ2n) is 5.16. The molecule has 1 N–H and O–H groups in total. The van der Waals surface area contributed by atoms with Crippen LogP contribution >= 0.6 is 0 Å². The highest BCUT2D eigenvalue weighted by Gasteiger charge is 2.58. The molecule has 22 heavy (non-hydrogen) atoms. The maximum atomic E-state index is 13.2. The Bertz CT molecular complexity index is 577. The highest BCUT2D eigenvalue weighted by Crippen LogP contribution is 2.42. The molecule has 0 radical (unpaired) electrons. The average Bonchev–Trinajstić information content (AvgIpc) is 2.83. The third kappa shape index (κ3) is 3.60. The van der Waals surface area contributed by atoms with Crippen molar-refractivity contribution in [2.75, 3.05) is 7.05 Å². The van der Waals surface area contributed by atoms with Gasteiger partial charge in [0.2, 0.25) is 11.5 Å². The molecular formula is C14H17F3N2O3. The van der Waals surface area contributed by atoms with Gasteiger partial charge in [0, 0.05) is 13.1 Å². The molecule has 2 unspecified atom stereocenters. The van der Waals surface area contributed by atoms with Crippen LogP contribution in [0.25, 0.3) is 0 Å². The molecule has 5 nitrogen and oxygen atoms in total. The third-order valence-electron chi connectivity index (χ3n) is 3.47. The molecule has 0 saturated carbocycles. The SMILES string of the molecule is Cc1ccc(C(O)(CC(=O)N(C)C(C)CC#N)C(F)(F)F)o1. The van der Waals surface area contributed by atoms with Crippen LogP contribution < -0.4 is 0 Å². The van der Waals surface area contributed by atoms with Crippen LogP contribution in [0.15, 0.2) is 16.5 Å². The number of alkyl halides is 3. The number of carbonyl (C=O) groups excluding carboxylic acids is 1. The van der Waals surface area contributed by atoms with E-state index in [9.17, 15) is 23.1 Å². The Hall–Kier alpha value is -2.01. The number of hydrogen-bond donors (Lipinski definition) is 1. The first kappa shape index (κ1) is 18.0. The topological polar surface area (TPSA) is 77.5 Å². The Kier molecular flexibility index (Phi) is 5.25. The predicted octanol–water partition coefficient (Wildman–Crippen LogP) is 2.49. The van der Waals surface area contributed by atoms with Crippen molar-refractivity contribution in [2.45, 2.75) is 44.5 Å². The first-order chi connectivity index (χ1) is 10.0. The number of furan rings is 1. The van der Waals surface area contributed by atoms with Gasteiger partial charge in [0.1, 0.15) is 11.5 Å². The van der Waals surface area contributed by atoms with Crippen LogP contribution in [0, 0.1) is 18.3 Å². The number of nitriles is 1. The van der Waals surface area contributed by atoms with Crippen molar-refractivity contribution in [3.63, 3.8) is 0 Å². The van der Waals surface area contributed by atoms with Crippen LogP contribution in [-0.4, -0.2) is 35.2 Å². The number of carbonyl (C=O) groups is 1. The summed E-state index contributed by atoms with van der Waals surface area (Å²) in [5.41, 5.74) is -3.40. The Morgan fingerprint density at radius 1 is 1.50 bits per heavy atom. The fraction of sp³-hybridized carbons (Fsp3) is 0.571. The van der Waals surface area contributed by atoms with Crippen molar-refractivity contribution in [2.24, 2.45) is 0 Å². The molecule has 122 valence electrons. The lowest BCUT2D eigenvalue weighted by Gasteiger charge is -2.31. The molecular weight excluding hydrogens is 301 g/mol. The maximum absolute atomic E-state index is 13.2. The lowest BCUT2D eigenvalue weighted by atomic mass is 9.94. The normalized spacial score (nSPS) is 15.7. The monoisotopic (exact) mass is 318 g/mol. The molecule has 2 atom stereocenters. The zero-order valence-corrected chi connectivity index (χ0v) is 12.4. The largest absolute Gasteiger partial charge is 0.463 e. The number of nitrogens with zero attached hydrogens (tertiary/aromatic N) is 2. The quantitative estimate of drug-likeness (QED) is 0.905. The highest BCUT2D eigenvalue weighted by molar-refractivity contribution is 5.77. The summed E-state index contributed by atoms with van der Waals surface area (Å²) >= 11 is 0. The molecule has 0 aromatic carbocycles. The molecule has 8 heteroatoms. The summed E-state index contributed by atoms with van der Waals surface area (Å²) in [5, 5.41) is 18.6.